The van der Waals surface area contributed by atoms with Gasteiger partial charge in [0.05, 0.1) is 11.6 Å². The minimum atomic E-state index is 0.208. The van der Waals surface area contributed by atoms with Crippen LogP contribution in [-0.4, -0.2) is 34.9 Å². The molecule has 0 aliphatic carbocycles. The molecule has 0 aliphatic heterocycles. The van der Waals surface area contributed by atoms with Crippen molar-refractivity contribution >= 4 is 22.6 Å². The summed E-state index contributed by atoms with van der Waals surface area (Å²) in [5, 5.41) is 21.9. The quantitative estimate of drug-likeness (QED) is 0.447. The van der Waals surface area contributed by atoms with Gasteiger partial charge in [-0.05, 0) is 42.7 Å². The molecule has 0 unspecified atom stereocenters. The van der Waals surface area contributed by atoms with E-state index in [0.717, 1.165) is 23.1 Å². The van der Waals surface area contributed by atoms with Gasteiger partial charge in [-0.15, -0.1) is 5.10 Å². The monoisotopic (exact) mass is 361 g/mol. The van der Waals surface area contributed by atoms with Gasteiger partial charge in [-0.2, -0.15) is 14.6 Å². The van der Waals surface area contributed by atoms with Gasteiger partial charge in [0.1, 0.15) is 5.75 Å². The Bertz CT molecular complexity index is 1240. The second-order valence-electron chi connectivity index (χ2n) is 6.19. The largest absolute Gasteiger partial charge is 0.508 e. The summed E-state index contributed by atoms with van der Waals surface area (Å²) in [7, 11) is 0. The molecule has 0 atom stereocenters. The van der Waals surface area contributed by atoms with E-state index in [9.17, 15) is 5.11 Å². The Morgan fingerprint density at radius 3 is 2.74 bits per heavy atom. The average Bonchev–Trinajstić information content (AvgIpc) is 3.40. The van der Waals surface area contributed by atoms with Crippen molar-refractivity contribution in [2.75, 3.05) is 5.73 Å². The van der Waals surface area contributed by atoms with Crippen LogP contribution in [0.3, 0.4) is 0 Å². The highest BCUT2D eigenvalue weighted by Gasteiger charge is 2.19. The minimum absolute atomic E-state index is 0.208. The predicted molar refractivity (Wildman–Crippen MR) is 98.1 cm³/mol. The smallest absolute Gasteiger partial charge is 0.225 e. The van der Waals surface area contributed by atoms with Gasteiger partial charge in [0.25, 0.3) is 0 Å². The maximum absolute atomic E-state index is 9.41. The first kappa shape index (κ1) is 15.4. The molecule has 0 saturated heterocycles. The number of nitrogens with one attached hydrogen (secondary N) is 1. The van der Waals surface area contributed by atoms with Gasteiger partial charge >= 0.3 is 0 Å². The van der Waals surface area contributed by atoms with Gasteiger partial charge in [-0.1, -0.05) is 12.1 Å². The Kier molecular flexibility index (Phi) is 3.32. The van der Waals surface area contributed by atoms with Gasteiger partial charge in [-0.25, -0.2) is 4.98 Å². The lowest BCUT2D eigenvalue weighted by Gasteiger charge is -2.02. The molecule has 0 saturated carbocycles. The molecule has 5 aromatic rings. The van der Waals surface area contributed by atoms with Crippen LogP contribution in [0.1, 0.15) is 11.3 Å². The molecule has 134 valence electrons. The molecule has 5 rings (SSSR count). The van der Waals surface area contributed by atoms with Gasteiger partial charge < -0.3 is 15.3 Å². The summed E-state index contributed by atoms with van der Waals surface area (Å²) in [5.41, 5.74) is 9.10. The lowest BCUT2D eigenvalue weighted by atomic mass is 10.1. The molecule has 0 amide bonds. The van der Waals surface area contributed by atoms with Crippen LogP contribution in [-0.2, 0) is 12.8 Å². The third-order valence-electron chi connectivity index (χ3n) is 4.43. The van der Waals surface area contributed by atoms with Crippen LogP contribution in [0.25, 0.3) is 28.3 Å². The zero-order valence-electron chi connectivity index (χ0n) is 14.1. The first-order valence-corrected chi connectivity index (χ1v) is 8.40. The van der Waals surface area contributed by atoms with E-state index in [1.165, 1.54) is 4.52 Å². The Labute approximate surface area is 152 Å². The lowest BCUT2D eigenvalue weighted by molar-refractivity contribution is 0.475. The number of benzene rings is 1. The Morgan fingerprint density at radius 1 is 1.11 bits per heavy atom. The third kappa shape index (κ3) is 2.56. The van der Waals surface area contributed by atoms with Crippen molar-refractivity contribution in [2.24, 2.45) is 0 Å². The Morgan fingerprint density at radius 2 is 1.96 bits per heavy atom. The number of nitrogens with zero attached hydrogens (tertiary/aromatic N) is 5. The summed E-state index contributed by atoms with van der Waals surface area (Å²) < 4.78 is 6.88. The van der Waals surface area contributed by atoms with Crippen LogP contribution in [0, 0.1) is 0 Å². The first-order chi connectivity index (χ1) is 13.2. The molecule has 4 N–H and O–H groups in total. The topological polar surface area (TPSA) is 131 Å². The minimum Gasteiger partial charge on any atom is -0.508 e. The van der Waals surface area contributed by atoms with Crippen LogP contribution >= 0.6 is 0 Å². The summed E-state index contributed by atoms with van der Waals surface area (Å²) in [6.07, 6.45) is 3.04. The molecule has 1 aromatic carbocycles. The predicted octanol–water partition coefficient (Wildman–Crippen LogP) is 2.33. The molecule has 0 spiro atoms. The number of furan rings is 1. The van der Waals surface area contributed by atoms with Crippen molar-refractivity contribution in [1.82, 2.24) is 29.8 Å². The Balaban J connectivity index is 1.59. The van der Waals surface area contributed by atoms with Gasteiger partial charge in [0.2, 0.25) is 11.8 Å². The molecular weight excluding hydrogens is 346 g/mol. The number of H-pyrrole nitrogens is 1. The number of aromatic amines is 1. The van der Waals surface area contributed by atoms with E-state index in [2.05, 4.69) is 25.3 Å². The van der Waals surface area contributed by atoms with E-state index in [4.69, 9.17) is 10.2 Å². The van der Waals surface area contributed by atoms with Crippen molar-refractivity contribution in [2.45, 2.75) is 12.8 Å². The molecule has 27 heavy (non-hydrogen) atoms. The summed E-state index contributed by atoms with van der Waals surface area (Å²) >= 11 is 0. The first-order valence-electron chi connectivity index (χ1n) is 8.40. The van der Waals surface area contributed by atoms with Crippen LogP contribution < -0.4 is 5.73 Å². The number of aromatic hydroxyl groups is 1. The maximum Gasteiger partial charge on any atom is 0.225 e. The fourth-order valence-electron chi connectivity index (χ4n) is 3.10. The number of aromatic nitrogens is 6. The summed E-state index contributed by atoms with van der Waals surface area (Å²) in [4.78, 5) is 8.91. The number of anilines is 1. The van der Waals surface area contributed by atoms with Crippen molar-refractivity contribution in [3.05, 3.63) is 53.9 Å². The number of aryl methyl sites for hydroxylation is 2. The zero-order chi connectivity index (χ0) is 18.4. The molecule has 0 bridgehead atoms. The number of phenolic OH excluding ortho intramolecular Hbond substituents is 1. The van der Waals surface area contributed by atoms with Crippen molar-refractivity contribution < 1.29 is 9.52 Å². The number of nitrogens with two attached hydrogens (primary N) is 1. The molecule has 4 heterocycles. The molecule has 0 radical (unpaired) electrons. The van der Waals surface area contributed by atoms with Gasteiger partial charge in [0.15, 0.2) is 17.1 Å². The summed E-state index contributed by atoms with van der Waals surface area (Å²) in [6.45, 7) is 0. The van der Waals surface area contributed by atoms with Crippen LogP contribution in [0.4, 0.5) is 5.95 Å². The SMILES string of the molecule is Nc1nc2n[nH]c(CCc3ccc(O)cc3)c2c2nc(-c3ccco3)nn12. The van der Waals surface area contributed by atoms with Crippen LogP contribution in [0.5, 0.6) is 5.75 Å². The van der Waals surface area contributed by atoms with E-state index in [0.29, 0.717) is 29.3 Å². The van der Waals surface area contributed by atoms with Crippen molar-refractivity contribution in [3.63, 3.8) is 0 Å². The summed E-state index contributed by atoms with van der Waals surface area (Å²) in [6, 6.07) is 10.7. The molecule has 0 fully saturated rings. The second kappa shape index (κ2) is 5.84. The number of hydrogen-bond donors (Lipinski definition) is 3. The van der Waals surface area contributed by atoms with Gasteiger partial charge in [-0.3, -0.25) is 5.10 Å². The van der Waals surface area contributed by atoms with Crippen LogP contribution in [0.15, 0.2) is 47.1 Å². The van der Waals surface area contributed by atoms with E-state index < -0.39 is 0 Å². The highest BCUT2D eigenvalue weighted by Crippen LogP contribution is 2.25. The van der Waals surface area contributed by atoms with E-state index >= 15 is 0 Å². The molecule has 4 aromatic heterocycles. The normalized spacial score (nSPS) is 11.6. The fraction of sp³-hybridized carbons (Fsp3) is 0.111. The summed E-state index contributed by atoms with van der Waals surface area (Å²) in [5.74, 6) is 1.45. The third-order valence-corrected chi connectivity index (χ3v) is 4.43. The number of nitrogen functional groups attached to an aromatic ring is 1. The molecule has 0 aliphatic rings. The standard InChI is InChI=1S/C18H15N7O2/c19-18-21-16-14(17-20-15(24-25(17)18)13-2-1-9-27-13)12(22-23-16)8-5-10-3-6-11(26)7-4-10/h1-4,6-7,9,26H,5,8H2,(H3,19,21,22,23). The lowest BCUT2D eigenvalue weighted by Crippen LogP contribution is -2.03. The fourth-order valence-corrected chi connectivity index (χ4v) is 3.10. The van der Waals surface area contributed by atoms with E-state index in [1.54, 1.807) is 30.5 Å². The highest BCUT2D eigenvalue weighted by atomic mass is 16.3. The number of hydrogen-bond acceptors (Lipinski definition) is 7. The Hall–Kier alpha value is -3.88. The number of phenols is 1. The highest BCUT2D eigenvalue weighted by molar-refractivity contribution is 5.92. The second-order valence-corrected chi connectivity index (χ2v) is 6.19. The maximum atomic E-state index is 9.41. The van der Waals surface area contributed by atoms with E-state index in [-0.39, 0.29) is 11.7 Å². The van der Waals surface area contributed by atoms with E-state index in [1.807, 2.05) is 12.1 Å². The molecule has 9 nitrogen and oxygen atoms in total. The van der Waals surface area contributed by atoms with Crippen molar-refractivity contribution in [1.29, 1.82) is 0 Å². The zero-order valence-corrected chi connectivity index (χ0v) is 14.1. The molecular formula is C18H15N7O2. The average molecular weight is 361 g/mol. The van der Waals surface area contributed by atoms with Crippen molar-refractivity contribution in [3.8, 4) is 17.3 Å². The number of fused-ring (bicyclic) bond motifs is 3. The molecule has 9 heteroatoms. The number of rotatable bonds is 4. The van der Waals surface area contributed by atoms with Gasteiger partial charge in [0, 0.05) is 5.69 Å². The van der Waals surface area contributed by atoms with Crippen LogP contribution in [0.2, 0.25) is 0 Å².